The molecular formula is C13H17ClN2O2. The smallest absolute Gasteiger partial charge is 0.230 e. The quantitative estimate of drug-likeness (QED) is 0.829. The maximum Gasteiger partial charge on any atom is 0.230 e. The number of nitrogens with two attached hydrogens (primary N) is 1. The van der Waals surface area contributed by atoms with Gasteiger partial charge in [0.05, 0.1) is 28.4 Å². The highest BCUT2D eigenvalue weighted by Crippen LogP contribution is 2.30. The molecular weight excluding hydrogens is 252 g/mol. The number of benzene rings is 1. The number of carbonyl (C=O) groups excluding carboxylic acids is 1. The molecule has 0 spiro atoms. The van der Waals surface area contributed by atoms with Gasteiger partial charge in [0.15, 0.2) is 0 Å². The lowest BCUT2D eigenvalue weighted by Crippen LogP contribution is -2.29. The van der Waals surface area contributed by atoms with E-state index in [4.69, 9.17) is 22.1 Å². The van der Waals surface area contributed by atoms with E-state index in [1.807, 2.05) is 6.92 Å². The Kier molecular flexibility index (Phi) is 4.09. The van der Waals surface area contributed by atoms with Gasteiger partial charge in [0, 0.05) is 6.61 Å². The molecule has 0 radical (unpaired) electrons. The molecule has 2 unspecified atom stereocenters. The molecule has 0 aromatic heterocycles. The van der Waals surface area contributed by atoms with Gasteiger partial charge in [0.2, 0.25) is 5.91 Å². The van der Waals surface area contributed by atoms with Gasteiger partial charge in [-0.25, -0.2) is 0 Å². The number of hydrogen-bond donors (Lipinski definition) is 2. The van der Waals surface area contributed by atoms with E-state index in [1.54, 1.807) is 18.2 Å². The number of rotatable bonds is 3. The predicted octanol–water partition coefficient (Wildman–Crippen LogP) is 2.68. The Morgan fingerprint density at radius 2 is 2.39 bits per heavy atom. The van der Waals surface area contributed by atoms with Gasteiger partial charge in [-0.15, -0.1) is 0 Å². The highest BCUT2D eigenvalue weighted by atomic mass is 35.5. The molecule has 0 aliphatic carbocycles. The second-order valence-corrected chi connectivity index (χ2v) is 4.81. The Hall–Kier alpha value is -1.26. The normalized spacial score (nSPS) is 23.0. The number of para-hydroxylation sites is 1. The monoisotopic (exact) mass is 268 g/mol. The summed E-state index contributed by atoms with van der Waals surface area (Å²) in [6, 6.07) is 5.17. The van der Waals surface area contributed by atoms with Crippen LogP contribution in [0.5, 0.6) is 0 Å². The minimum Gasteiger partial charge on any atom is -0.397 e. The SMILES string of the molecule is CCC1OCCC1C(=O)Nc1c(N)cccc1Cl. The zero-order chi connectivity index (χ0) is 13.1. The van der Waals surface area contributed by atoms with Crippen LogP contribution in [0.3, 0.4) is 0 Å². The summed E-state index contributed by atoms with van der Waals surface area (Å²) >= 11 is 6.02. The summed E-state index contributed by atoms with van der Waals surface area (Å²) < 4.78 is 5.51. The Balaban J connectivity index is 2.12. The zero-order valence-electron chi connectivity index (χ0n) is 10.3. The Bertz CT molecular complexity index is 430. The fourth-order valence-corrected chi connectivity index (χ4v) is 2.47. The largest absolute Gasteiger partial charge is 0.397 e. The molecule has 1 aliphatic heterocycles. The standard InChI is InChI=1S/C13H17ClN2O2/c1-2-11-8(6-7-18-11)13(17)16-12-9(14)4-3-5-10(12)15/h3-5,8,11H,2,6-7,15H2,1H3,(H,16,17). The Morgan fingerprint density at radius 3 is 3.06 bits per heavy atom. The number of hydrogen-bond acceptors (Lipinski definition) is 3. The second-order valence-electron chi connectivity index (χ2n) is 4.41. The van der Waals surface area contributed by atoms with Crippen molar-refractivity contribution < 1.29 is 9.53 Å². The number of nitrogens with one attached hydrogen (secondary N) is 1. The minimum absolute atomic E-state index is 0.00582. The van der Waals surface area contributed by atoms with Gasteiger partial charge in [-0.2, -0.15) is 0 Å². The summed E-state index contributed by atoms with van der Waals surface area (Å²) in [5.74, 6) is -0.190. The molecule has 1 amide bonds. The van der Waals surface area contributed by atoms with E-state index in [9.17, 15) is 4.79 Å². The number of carbonyl (C=O) groups is 1. The summed E-state index contributed by atoms with van der Waals surface area (Å²) in [5, 5.41) is 3.26. The maximum atomic E-state index is 12.2. The van der Waals surface area contributed by atoms with Crippen LogP contribution in [0.1, 0.15) is 19.8 Å². The molecule has 2 atom stereocenters. The first kappa shape index (κ1) is 13.2. The average molecular weight is 269 g/mol. The fourth-order valence-electron chi connectivity index (χ4n) is 2.24. The molecule has 1 fully saturated rings. The van der Waals surface area contributed by atoms with Crippen molar-refractivity contribution >= 4 is 28.9 Å². The van der Waals surface area contributed by atoms with Crippen molar-refractivity contribution in [3.63, 3.8) is 0 Å². The van der Waals surface area contributed by atoms with Crippen LogP contribution < -0.4 is 11.1 Å². The summed E-state index contributed by atoms with van der Waals surface area (Å²) in [4.78, 5) is 12.2. The first-order valence-electron chi connectivity index (χ1n) is 6.10. The first-order chi connectivity index (χ1) is 8.63. The third kappa shape index (κ3) is 2.60. The third-order valence-electron chi connectivity index (χ3n) is 3.24. The van der Waals surface area contributed by atoms with Crippen molar-refractivity contribution in [1.82, 2.24) is 0 Å². The Labute approximate surface area is 111 Å². The third-order valence-corrected chi connectivity index (χ3v) is 3.56. The van der Waals surface area contributed by atoms with Crippen molar-refractivity contribution in [2.45, 2.75) is 25.9 Å². The molecule has 1 heterocycles. The van der Waals surface area contributed by atoms with Crippen molar-refractivity contribution in [2.24, 2.45) is 5.92 Å². The molecule has 5 heteroatoms. The van der Waals surface area contributed by atoms with Crippen LogP contribution in [0.25, 0.3) is 0 Å². The van der Waals surface area contributed by atoms with E-state index < -0.39 is 0 Å². The van der Waals surface area contributed by atoms with Crippen molar-refractivity contribution in [1.29, 1.82) is 0 Å². The average Bonchev–Trinajstić information content (AvgIpc) is 2.82. The molecule has 0 saturated carbocycles. The van der Waals surface area contributed by atoms with Crippen LogP contribution in [0.2, 0.25) is 5.02 Å². The summed E-state index contributed by atoms with van der Waals surface area (Å²) in [7, 11) is 0. The van der Waals surface area contributed by atoms with Gasteiger partial charge in [-0.3, -0.25) is 4.79 Å². The molecule has 18 heavy (non-hydrogen) atoms. The lowest BCUT2D eigenvalue weighted by molar-refractivity contribution is -0.121. The van der Waals surface area contributed by atoms with Crippen LogP contribution in [0, 0.1) is 5.92 Å². The topological polar surface area (TPSA) is 64.3 Å². The predicted molar refractivity (Wildman–Crippen MR) is 72.6 cm³/mol. The molecule has 4 nitrogen and oxygen atoms in total. The number of amides is 1. The van der Waals surface area contributed by atoms with Gasteiger partial charge in [-0.1, -0.05) is 24.6 Å². The van der Waals surface area contributed by atoms with Crippen molar-refractivity contribution in [3.8, 4) is 0 Å². The molecule has 1 saturated heterocycles. The fraction of sp³-hybridized carbons (Fsp3) is 0.462. The highest BCUT2D eigenvalue weighted by molar-refractivity contribution is 6.34. The van der Waals surface area contributed by atoms with Crippen molar-refractivity contribution in [3.05, 3.63) is 23.2 Å². The molecule has 3 N–H and O–H groups in total. The molecule has 98 valence electrons. The zero-order valence-corrected chi connectivity index (χ0v) is 11.0. The molecule has 1 aromatic rings. The number of nitrogen functional groups attached to an aromatic ring is 1. The molecule has 1 aliphatic rings. The van der Waals surface area contributed by atoms with E-state index in [2.05, 4.69) is 5.32 Å². The van der Waals surface area contributed by atoms with Crippen LogP contribution >= 0.6 is 11.6 Å². The molecule has 0 bridgehead atoms. The van der Waals surface area contributed by atoms with Crippen LogP contribution in [-0.2, 0) is 9.53 Å². The van der Waals surface area contributed by atoms with E-state index in [-0.39, 0.29) is 17.9 Å². The lowest BCUT2D eigenvalue weighted by atomic mass is 9.98. The minimum atomic E-state index is -0.120. The van der Waals surface area contributed by atoms with E-state index in [0.29, 0.717) is 23.0 Å². The van der Waals surface area contributed by atoms with Crippen LogP contribution in [0.15, 0.2) is 18.2 Å². The van der Waals surface area contributed by atoms with Gasteiger partial charge in [-0.05, 0) is 25.0 Å². The van der Waals surface area contributed by atoms with Gasteiger partial charge in [0.25, 0.3) is 0 Å². The van der Waals surface area contributed by atoms with Crippen molar-refractivity contribution in [2.75, 3.05) is 17.7 Å². The number of ether oxygens (including phenoxy) is 1. The van der Waals surface area contributed by atoms with Crippen LogP contribution in [-0.4, -0.2) is 18.6 Å². The number of anilines is 2. The van der Waals surface area contributed by atoms with E-state index in [0.717, 1.165) is 12.8 Å². The first-order valence-corrected chi connectivity index (χ1v) is 6.47. The summed E-state index contributed by atoms with van der Waals surface area (Å²) in [6.07, 6.45) is 1.57. The van der Waals surface area contributed by atoms with Gasteiger partial charge >= 0.3 is 0 Å². The summed E-state index contributed by atoms with van der Waals surface area (Å²) in [6.45, 7) is 2.65. The highest BCUT2D eigenvalue weighted by Gasteiger charge is 2.33. The van der Waals surface area contributed by atoms with E-state index >= 15 is 0 Å². The van der Waals surface area contributed by atoms with E-state index in [1.165, 1.54) is 0 Å². The van der Waals surface area contributed by atoms with Crippen LogP contribution in [0.4, 0.5) is 11.4 Å². The van der Waals surface area contributed by atoms with Gasteiger partial charge < -0.3 is 15.8 Å². The molecule has 2 rings (SSSR count). The van der Waals surface area contributed by atoms with Gasteiger partial charge in [0.1, 0.15) is 0 Å². The number of halogens is 1. The lowest BCUT2D eigenvalue weighted by Gasteiger charge is -2.17. The second kappa shape index (κ2) is 5.59. The Morgan fingerprint density at radius 1 is 1.61 bits per heavy atom. The maximum absolute atomic E-state index is 12.2. The summed E-state index contributed by atoms with van der Waals surface area (Å²) in [5.41, 5.74) is 6.77. The molecule has 1 aromatic carbocycles.